The number of anilines is 1. The first kappa shape index (κ1) is 19.0. The lowest BCUT2D eigenvalue weighted by atomic mass is 9.96. The lowest BCUT2D eigenvalue weighted by molar-refractivity contribution is -0.128. The third kappa shape index (κ3) is 4.31. The van der Waals surface area contributed by atoms with Crippen LogP contribution >= 0.6 is 0 Å². The standard InChI is InChI=1S/C19H28N2O4S/c1-2-26(23,24)21-14-18(25-17-13-9-8-12-16(17)21)19(22)20-15-10-6-4-3-5-7-11-15/h8-9,12-13,15,18H,2-7,10-11,14H2,1H3,(H,20,22)/t18-/m1/s1. The summed E-state index contributed by atoms with van der Waals surface area (Å²) < 4.78 is 32.2. The normalized spacial score (nSPS) is 21.9. The van der Waals surface area contributed by atoms with Gasteiger partial charge < -0.3 is 10.1 Å². The Balaban J connectivity index is 1.75. The molecule has 1 amide bonds. The molecule has 1 aromatic carbocycles. The molecule has 1 aliphatic carbocycles. The number of carbonyl (C=O) groups is 1. The zero-order valence-electron chi connectivity index (χ0n) is 15.3. The number of nitrogens with zero attached hydrogens (tertiary/aromatic N) is 1. The number of sulfonamides is 1. The molecule has 26 heavy (non-hydrogen) atoms. The van der Waals surface area contributed by atoms with Crippen LogP contribution in [0.2, 0.25) is 0 Å². The molecule has 0 aromatic heterocycles. The summed E-state index contributed by atoms with van der Waals surface area (Å²) in [6, 6.07) is 7.13. The number of rotatable bonds is 4. The van der Waals surface area contributed by atoms with Gasteiger partial charge in [0.05, 0.1) is 18.0 Å². The Kier molecular flexibility index (Phi) is 6.06. The van der Waals surface area contributed by atoms with E-state index in [1.54, 1.807) is 31.2 Å². The van der Waals surface area contributed by atoms with Gasteiger partial charge in [-0.15, -0.1) is 0 Å². The van der Waals surface area contributed by atoms with Crippen LogP contribution in [-0.2, 0) is 14.8 Å². The van der Waals surface area contributed by atoms with Gasteiger partial charge in [0, 0.05) is 6.04 Å². The largest absolute Gasteiger partial charge is 0.476 e. The summed E-state index contributed by atoms with van der Waals surface area (Å²) in [4.78, 5) is 12.8. The average Bonchev–Trinajstić information content (AvgIpc) is 2.62. The minimum Gasteiger partial charge on any atom is -0.476 e. The minimum atomic E-state index is -3.47. The van der Waals surface area contributed by atoms with Crippen LogP contribution in [-0.4, -0.2) is 38.8 Å². The summed E-state index contributed by atoms with van der Waals surface area (Å²) in [6.07, 6.45) is 7.07. The van der Waals surface area contributed by atoms with Crippen molar-refractivity contribution < 1.29 is 17.9 Å². The molecule has 0 unspecified atom stereocenters. The maximum atomic E-state index is 12.8. The second-order valence-corrected chi connectivity index (χ2v) is 9.24. The predicted molar refractivity (Wildman–Crippen MR) is 102 cm³/mol. The zero-order valence-corrected chi connectivity index (χ0v) is 16.1. The topological polar surface area (TPSA) is 75.7 Å². The summed E-state index contributed by atoms with van der Waals surface area (Å²) in [5.41, 5.74) is 0.504. The molecular weight excluding hydrogens is 352 g/mol. The quantitative estimate of drug-likeness (QED) is 0.871. The Hall–Kier alpha value is -1.76. The molecule has 144 valence electrons. The zero-order chi connectivity index (χ0) is 18.6. The lowest BCUT2D eigenvalue weighted by Gasteiger charge is -2.35. The lowest BCUT2D eigenvalue weighted by Crippen LogP contribution is -2.52. The molecule has 3 rings (SSSR count). The van der Waals surface area contributed by atoms with E-state index < -0.39 is 16.1 Å². The number of benzene rings is 1. The molecule has 1 atom stereocenters. The number of carbonyl (C=O) groups excluding carboxylic acids is 1. The van der Waals surface area contributed by atoms with Crippen molar-refractivity contribution in [2.45, 2.75) is 64.0 Å². The van der Waals surface area contributed by atoms with Crippen molar-refractivity contribution in [3.05, 3.63) is 24.3 Å². The summed E-state index contributed by atoms with van der Waals surface area (Å²) in [5, 5.41) is 3.09. The highest BCUT2D eigenvalue weighted by Crippen LogP contribution is 2.35. The van der Waals surface area contributed by atoms with E-state index in [0.29, 0.717) is 11.4 Å². The SMILES string of the molecule is CCS(=O)(=O)N1C[C@H](C(=O)NC2CCCCCCC2)Oc2ccccc21. The second-order valence-electron chi connectivity index (χ2n) is 7.06. The average molecular weight is 381 g/mol. The Morgan fingerprint density at radius 2 is 1.81 bits per heavy atom. The highest BCUT2D eigenvalue weighted by Gasteiger charge is 2.36. The summed E-state index contributed by atoms with van der Waals surface area (Å²) >= 11 is 0. The molecule has 1 fully saturated rings. The Bertz CT molecular complexity index is 727. The molecule has 1 aliphatic heterocycles. The smallest absolute Gasteiger partial charge is 0.263 e. The van der Waals surface area contributed by atoms with E-state index in [0.717, 1.165) is 25.7 Å². The van der Waals surface area contributed by atoms with Crippen LogP contribution in [0.25, 0.3) is 0 Å². The van der Waals surface area contributed by atoms with Gasteiger partial charge in [0.15, 0.2) is 6.10 Å². The molecule has 0 radical (unpaired) electrons. The van der Waals surface area contributed by atoms with E-state index in [2.05, 4.69) is 5.32 Å². The van der Waals surface area contributed by atoms with Crippen molar-refractivity contribution in [1.29, 1.82) is 0 Å². The van der Waals surface area contributed by atoms with Gasteiger partial charge in [0.25, 0.3) is 5.91 Å². The number of hydrogen-bond donors (Lipinski definition) is 1. The summed E-state index contributed by atoms with van der Waals surface area (Å²) in [6.45, 7) is 1.63. The molecular formula is C19H28N2O4S. The van der Waals surface area contributed by atoms with Gasteiger partial charge in [0.1, 0.15) is 5.75 Å². The first-order chi connectivity index (χ1) is 12.5. The van der Waals surface area contributed by atoms with Crippen molar-refractivity contribution in [2.75, 3.05) is 16.6 Å². The van der Waals surface area contributed by atoms with Gasteiger partial charge >= 0.3 is 0 Å². The van der Waals surface area contributed by atoms with Gasteiger partial charge in [-0.05, 0) is 31.9 Å². The van der Waals surface area contributed by atoms with Crippen LogP contribution < -0.4 is 14.4 Å². The molecule has 0 saturated heterocycles. The van der Waals surface area contributed by atoms with Crippen molar-refractivity contribution in [3.8, 4) is 5.75 Å². The van der Waals surface area contributed by atoms with E-state index in [4.69, 9.17) is 4.74 Å². The molecule has 6 nitrogen and oxygen atoms in total. The molecule has 1 aromatic rings. The first-order valence-electron chi connectivity index (χ1n) is 9.57. The van der Waals surface area contributed by atoms with Crippen LogP contribution in [0, 0.1) is 0 Å². The number of hydrogen-bond acceptors (Lipinski definition) is 4. The number of amides is 1. The predicted octanol–water partition coefficient (Wildman–Crippen LogP) is 2.83. The van der Waals surface area contributed by atoms with Gasteiger partial charge in [-0.2, -0.15) is 0 Å². The molecule has 2 aliphatic rings. The first-order valence-corrected chi connectivity index (χ1v) is 11.2. The minimum absolute atomic E-state index is 0.0156. The highest BCUT2D eigenvalue weighted by molar-refractivity contribution is 7.92. The maximum Gasteiger partial charge on any atom is 0.263 e. The summed E-state index contributed by atoms with van der Waals surface area (Å²) in [7, 11) is -3.47. The highest BCUT2D eigenvalue weighted by atomic mass is 32.2. The van der Waals surface area contributed by atoms with Crippen LogP contribution in [0.3, 0.4) is 0 Å². The molecule has 0 spiro atoms. The third-order valence-corrected chi connectivity index (χ3v) is 6.93. The van der Waals surface area contributed by atoms with Crippen molar-refractivity contribution >= 4 is 21.6 Å². The molecule has 1 N–H and O–H groups in total. The number of para-hydroxylation sites is 2. The third-order valence-electron chi connectivity index (χ3n) is 5.18. The van der Waals surface area contributed by atoms with Gasteiger partial charge in [0.2, 0.25) is 10.0 Å². The van der Waals surface area contributed by atoms with Crippen molar-refractivity contribution in [3.63, 3.8) is 0 Å². The maximum absolute atomic E-state index is 12.8. The van der Waals surface area contributed by atoms with Gasteiger partial charge in [-0.1, -0.05) is 44.2 Å². The Labute approximate surface area is 156 Å². The van der Waals surface area contributed by atoms with E-state index in [9.17, 15) is 13.2 Å². The van der Waals surface area contributed by atoms with E-state index in [1.807, 2.05) is 0 Å². The van der Waals surface area contributed by atoms with Crippen LogP contribution in [0.4, 0.5) is 5.69 Å². The Morgan fingerprint density at radius 1 is 1.15 bits per heavy atom. The van der Waals surface area contributed by atoms with Crippen LogP contribution in [0.1, 0.15) is 51.9 Å². The van der Waals surface area contributed by atoms with E-state index >= 15 is 0 Å². The molecule has 1 saturated carbocycles. The number of ether oxygens (including phenoxy) is 1. The second kappa shape index (κ2) is 8.29. The van der Waals surface area contributed by atoms with Crippen LogP contribution in [0.5, 0.6) is 5.75 Å². The van der Waals surface area contributed by atoms with Gasteiger partial charge in [-0.25, -0.2) is 8.42 Å². The Morgan fingerprint density at radius 3 is 2.50 bits per heavy atom. The van der Waals surface area contributed by atoms with E-state index in [1.165, 1.54) is 23.6 Å². The monoisotopic (exact) mass is 380 g/mol. The summed E-state index contributed by atoms with van der Waals surface area (Å²) in [5.74, 6) is 0.202. The number of fused-ring (bicyclic) bond motifs is 1. The molecule has 7 heteroatoms. The number of nitrogens with one attached hydrogen (secondary N) is 1. The van der Waals surface area contributed by atoms with Gasteiger partial charge in [-0.3, -0.25) is 9.10 Å². The van der Waals surface area contributed by atoms with Crippen LogP contribution in [0.15, 0.2) is 24.3 Å². The fourth-order valence-corrected chi connectivity index (χ4v) is 4.78. The fourth-order valence-electron chi connectivity index (χ4n) is 3.65. The van der Waals surface area contributed by atoms with E-state index in [-0.39, 0.29) is 24.2 Å². The molecule has 0 bridgehead atoms. The van der Waals surface area contributed by atoms with Crippen molar-refractivity contribution in [2.24, 2.45) is 0 Å². The fraction of sp³-hybridized carbons (Fsp3) is 0.632. The van der Waals surface area contributed by atoms with Crippen molar-refractivity contribution in [1.82, 2.24) is 5.32 Å². The molecule has 1 heterocycles.